The molecule has 0 amide bonds. The quantitative estimate of drug-likeness (QED) is 0.331. The van der Waals surface area contributed by atoms with Crippen molar-refractivity contribution in [1.82, 2.24) is 0 Å². The molecule has 5 heteroatoms. The molecule has 0 saturated heterocycles. The standard InChI is InChI=1S/C6H10O.3CO.Fe/c1-2-3-4-5-6-7;3*1-2;/h2-5,7H,6H2,1H3;;;;/b3-2+,5-4+;;;;. The normalized spacial score (nSPS) is 6.29. The SMILES string of the molecule is C/C=C/C=C/CO.[C-]#[O+].[C-]#[O+].[C-]#[O+].[Fe]. The smallest absolute Gasteiger partial charge is 0 e. The van der Waals surface area contributed by atoms with E-state index >= 15 is 0 Å². The second kappa shape index (κ2) is 87.1. The maximum absolute atomic E-state index is 8.17. The molecule has 0 rings (SSSR count). The van der Waals surface area contributed by atoms with Crippen LogP contribution in [0.2, 0.25) is 0 Å². The van der Waals surface area contributed by atoms with Crippen molar-refractivity contribution in [3.05, 3.63) is 44.3 Å². The summed E-state index contributed by atoms with van der Waals surface area (Å²) in [6.07, 6.45) is 7.27. The van der Waals surface area contributed by atoms with Crippen molar-refractivity contribution < 1.29 is 36.1 Å². The van der Waals surface area contributed by atoms with E-state index in [1.807, 2.05) is 19.1 Å². The van der Waals surface area contributed by atoms with Gasteiger partial charge in [0.15, 0.2) is 0 Å². The third-order valence-electron chi connectivity index (χ3n) is 0.545. The predicted octanol–water partition coefficient (Wildman–Crippen LogP) is 0.996. The van der Waals surface area contributed by atoms with Gasteiger partial charge in [0.2, 0.25) is 0 Å². The number of allylic oxidation sites excluding steroid dienone is 3. The van der Waals surface area contributed by atoms with Gasteiger partial charge in [-0.25, -0.2) is 0 Å². The Bertz CT molecular complexity index is 153. The fourth-order valence-corrected chi connectivity index (χ4v) is 0.251. The summed E-state index contributed by atoms with van der Waals surface area (Å²) in [6, 6.07) is 0. The zero-order valence-electron chi connectivity index (χ0n) is 7.54. The van der Waals surface area contributed by atoms with E-state index < -0.39 is 0 Å². The van der Waals surface area contributed by atoms with Crippen molar-refractivity contribution in [1.29, 1.82) is 0 Å². The molecule has 14 heavy (non-hydrogen) atoms. The molecule has 0 aromatic heterocycles. The molecule has 0 aliphatic heterocycles. The van der Waals surface area contributed by atoms with Gasteiger partial charge in [-0.1, -0.05) is 24.3 Å². The first-order valence-corrected chi connectivity index (χ1v) is 2.91. The van der Waals surface area contributed by atoms with Crippen LogP contribution in [0.5, 0.6) is 0 Å². The molecule has 0 spiro atoms. The van der Waals surface area contributed by atoms with E-state index in [0.717, 1.165) is 0 Å². The molecule has 4 nitrogen and oxygen atoms in total. The molecular weight excluding hydrogens is 228 g/mol. The fourth-order valence-electron chi connectivity index (χ4n) is 0.251. The number of aliphatic hydroxyl groups excluding tert-OH is 1. The van der Waals surface area contributed by atoms with E-state index in [4.69, 9.17) is 19.1 Å². The second-order valence-electron chi connectivity index (χ2n) is 1.14. The first-order valence-electron chi connectivity index (χ1n) is 2.91. The van der Waals surface area contributed by atoms with Crippen LogP contribution in [0, 0.1) is 20.0 Å². The van der Waals surface area contributed by atoms with Gasteiger partial charge in [0.05, 0.1) is 6.61 Å². The van der Waals surface area contributed by atoms with Crippen LogP contribution in [0.3, 0.4) is 0 Å². The number of hydrogen-bond acceptors (Lipinski definition) is 1. The van der Waals surface area contributed by atoms with Crippen molar-refractivity contribution >= 4 is 0 Å². The van der Waals surface area contributed by atoms with E-state index in [1.165, 1.54) is 0 Å². The summed E-state index contributed by atoms with van der Waals surface area (Å²) in [6.45, 7) is 15.6. The molecule has 0 fully saturated rings. The summed E-state index contributed by atoms with van der Waals surface area (Å²) in [5.74, 6) is 0. The summed E-state index contributed by atoms with van der Waals surface area (Å²) in [5.41, 5.74) is 0. The Kier molecular flexibility index (Phi) is 182. The molecule has 0 radical (unpaired) electrons. The molecule has 1 N–H and O–H groups in total. The topological polar surface area (TPSA) is 79.9 Å². The first-order chi connectivity index (χ1) is 6.41. The maximum Gasteiger partial charge on any atom is 0 e. The Hall–Kier alpha value is -0.821. The van der Waals surface area contributed by atoms with Crippen molar-refractivity contribution in [3.8, 4) is 0 Å². The van der Waals surface area contributed by atoms with Crippen LogP contribution >= 0.6 is 0 Å². The van der Waals surface area contributed by atoms with E-state index in [2.05, 4.69) is 20.0 Å². The summed E-state index contributed by atoms with van der Waals surface area (Å²) in [5, 5.41) is 8.17. The van der Waals surface area contributed by atoms with Crippen molar-refractivity contribution in [2.24, 2.45) is 0 Å². The minimum atomic E-state index is 0. The van der Waals surface area contributed by atoms with Gasteiger partial charge in [-0.2, -0.15) is 0 Å². The zero-order chi connectivity index (χ0) is 11.5. The minimum Gasteiger partial charge on any atom is 0 e. The van der Waals surface area contributed by atoms with Crippen LogP contribution in [0.1, 0.15) is 6.92 Å². The monoisotopic (exact) mass is 238 g/mol. The van der Waals surface area contributed by atoms with Gasteiger partial charge >= 0.3 is 33.9 Å². The van der Waals surface area contributed by atoms with E-state index in [9.17, 15) is 0 Å². The molecule has 0 aliphatic carbocycles. The third kappa shape index (κ3) is 115. The molecule has 0 aromatic carbocycles. The van der Waals surface area contributed by atoms with Crippen LogP contribution in [0.15, 0.2) is 24.3 Å². The predicted molar refractivity (Wildman–Crippen MR) is 42.8 cm³/mol. The van der Waals surface area contributed by atoms with Crippen LogP contribution in [-0.4, -0.2) is 11.7 Å². The van der Waals surface area contributed by atoms with E-state index in [-0.39, 0.29) is 23.7 Å². The molecule has 0 saturated carbocycles. The van der Waals surface area contributed by atoms with Gasteiger partial charge in [-0.3, -0.25) is 0 Å². The van der Waals surface area contributed by atoms with Crippen LogP contribution in [0.4, 0.5) is 0 Å². The van der Waals surface area contributed by atoms with Gasteiger partial charge in [0.25, 0.3) is 0 Å². The molecular formula is C9H10FeO4. The van der Waals surface area contributed by atoms with Crippen LogP contribution in [-0.2, 0) is 31.0 Å². The van der Waals surface area contributed by atoms with Gasteiger partial charge in [-0.05, 0) is 6.92 Å². The molecule has 0 atom stereocenters. The molecule has 0 aromatic rings. The molecule has 0 aliphatic rings. The van der Waals surface area contributed by atoms with Gasteiger partial charge in [-0.15, -0.1) is 0 Å². The molecule has 0 unspecified atom stereocenters. The second-order valence-corrected chi connectivity index (χ2v) is 1.14. The van der Waals surface area contributed by atoms with Gasteiger partial charge in [0, 0.05) is 17.1 Å². The Morgan fingerprint density at radius 1 is 1.00 bits per heavy atom. The Morgan fingerprint density at radius 2 is 1.36 bits per heavy atom. The number of hydrogen-bond donors (Lipinski definition) is 1. The Balaban J connectivity index is -0.0000000332. The first kappa shape index (κ1) is 29.2. The largest absolute Gasteiger partial charge is 0 e. The average Bonchev–Trinajstić information content (AvgIpc) is 2.27. The summed E-state index contributed by atoms with van der Waals surface area (Å²) < 4.78 is 22.5. The molecule has 78 valence electrons. The van der Waals surface area contributed by atoms with E-state index in [1.54, 1.807) is 12.2 Å². The maximum atomic E-state index is 8.17. The average molecular weight is 238 g/mol. The van der Waals surface area contributed by atoms with Crippen molar-refractivity contribution in [2.45, 2.75) is 6.92 Å². The minimum absolute atomic E-state index is 0. The van der Waals surface area contributed by atoms with Crippen LogP contribution in [0.25, 0.3) is 0 Å². The summed E-state index contributed by atoms with van der Waals surface area (Å²) in [4.78, 5) is 0. The van der Waals surface area contributed by atoms with Crippen molar-refractivity contribution in [3.63, 3.8) is 0 Å². The molecule has 0 heterocycles. The number of rotatable bonds is 2. The Labute approximate surface area is 94.3 Å². The number of aliphatic hydroxyl groups is 1. The Morgan fingerprint density at radius 3 is 1.57 bits per heavy atom. The van der Waals surface area contributed by atoms with E-state index in [0.29, 0.717) is 0 Å². The third-order valence-corrected chi connectivity index (χ3v) is 0.545. The zero-order valence-corrected chi connectivity index (χ0v) is 8.65. The van der Waals surface area contributed by atoms with Crippen LogP contribution < -0.4 is 0 Å². The summed E-state index contributed by atoms with van der Waals surface area (Å²) in [7, 11) is 0. The summed E-state index contributed by atoms with van der Waals surface area (Å²) >= 11 is 0. The fraction of sp³-hybridized carbons (Fsp3) is 0.222. The van der Waals surface area contributed by atoms with Crippen molar-refractivity contribution in [2.75, 3.05) is 6.61 Å². The molecule has 0 bridgehead atoms. The van der Waals surface area contributed by atoms with Gasteiger partial charge in [0.1, 0.15) is 0 Å². The van der Waals surface area contributed by atoms with Gasteiger partial charge < -0.3 is 5.11 Å².